The maximum Gasteiger partial charge on any atom is 0.260 e. The molecule has 4 nitrogen and oxygen atoms in total. The monoisotopic (exact) mass is 218 g/mol. The van der Waals surface area contributed by atoms with E-state index in [9.17, 15) is 12.6 Å². The highest BCUT2D eigenvalue weighted by molar-refractivity contribution is 7.96. The zero-order chi connectivity index (χ0) is 9.90. The van der Waals surface area contributed by atoms with Crippen LogP contribution in [0.1, 0.15) is 0 Å². The first-order valence-electron chi connectivity index (χ1n) is 3.39. The molecule has 0 aliphatic rings. The van der Waals surface area contributed by atoms with E-state index in [1.807, 2.05) is 0 Å². The van der Waals surface area contributed by atoms with Gasteiger partial charge in [0.1, 0.15) is 0 Å². The van der Waals surface area contributed by atoms with Crippen LogP contribution in [0.25, 0.3) is 0 Å². The normalized spacial score (nSPS) is 14.2. The molecule has 0 spiro atoms. The molecule has 0 bridgehead atoms. The molecule has 0 atom stereocenters. The SMILES string of the molecule is C[S-](=O)=NS(=O)(=O)c1ccccc1. The van der Waals surface area contributed by atoms with Crippen molar-refractivity contribution in [1.29, 1.82) is 0 Å². The van der Waals surface area contributed by atoms with Gasteiger partial charge in [0.05, 0.1) is 4.90 Å². The van der Waals surface area contributed by atoms with Crippen LogP contribution in [0, 0.1) is 0 Å². The Morgan fingerprint density at radius 1 is 1.23 bits per heavy atom. The van der Waals surface area contributed by atoms with E-state index in [2.05, 4.69) is 3.77 Å². The zero-order valence-corrected chi connectivity index (χ0v) is 8.51. The maximum atomic E-state index is 11.3. The number of benzene rings is 1. The summed E-state index contributed by atoms with van der Waals surface area (Å²) in [5, 5.41) is 0. The van der Waals surface area contributed by atoms with Gasteiger partial charge in [0.15, 0.2) is 0 Å². The molecule has 0 heterocycles. The van der Waals surface area contributed by atoms with Crippen LogP contribution >= 0.6 is 0 Å². The molecule has 0 radical (unpaired) electrons. The predicted molar refractivity (Wildman–Crippen MR) is 50.0 cm³/mol. The molecule has 0 saturated carbocycles. The van der Waals surface area contributed by atoms with Gasteiger partial charge >= 0.3 is 0 Å². The Morgan fingerprint density at radius 3 is 2.23 bits per heavy atom. The molecule has 6 heteroatoms. The van der Waals surface area contributed by atoms with E-state index in [0.717, 1.165) is 0 Å². The Labute approximate surface area is 78.9 Å². The first kappa shape index (κ1) is 10.2. The molecule has 72 valence electrons. The minimum atomic E-state index is -3.73. The molecule has 0 unspecified atom stereocenters. The quantitative estimate of drug-likeness (QED) is 0.699. The van der Waals surface area contributed by atoms with Crippen LogP contribution in [0.4, 0.5) is 0 Å². The lowest BCUT2D eigenvalue weighted by atomic mass is 10.4. The van der Waals surface area contributed by atoms with Crippen LogP contribution in [0.5, 0.6) is 0 Å². The van der Waals surface area contributed by atoms with Gasteiger partial charge in [-0.3, -0.25) is 3.77 Å². The molecule has 1 rings (SSSR count). The van der Waals surface area contributed by atoms with Gasteiger partial charge in [-0.15, -0.1) is 6.26 Å². The van der Waals surface area contributed by atoms with Gasteiger partial charge < -0.3 is 4.21 Å². The molecule has 13 heavy (non-hydrogen) atoms. The molecule has 0 saturated heterocycles. The summed E-state index contributed by atoms with van der Waals surface area (Å²) in [5.74, 6) is 0. The van der Waals surface area contributed by atoms with Crippen LogP contribution in [0.15, 0.2) is 39.0 Å². The number of sulfonamides is 1. The fourth-order valence-electron chi connectivity index (χ4n) is 0.774. The van der Waals surface area contributed by atoms with Gasteiger partial charge in [0.2, 0.25) is 0 Å². The molecule has 0 amide bonds. The molecule has 0 aliphatic heterocycles. The van der Waals surface area contributed by atoms with Gasteiger partial charge in [-0.05, 0) is 12.1 Å². The van der Waals surface area contributed by atoms with Crippen LogP contribution in [0.2, 0.25) is 0 Å². The van der Waals surface area contributed by atoms with Gasteiger partial charge in [-0.2, -0.15) is 10.6 Å². The lowest BCUT2D eigenvalue weighted by Crippen LogP contribution is -1.95. The number of nitrogens with zero attached hydrogens (tertiary/aromatic N) is 1. The summed E-state index contributed by atoms with van der Waals surface area (Å²) in [6.45, 7) is 0. The van der Waals surface area contributed by atoms with Crippen molar-refractivity contribution < 1.29 is 12.6 Å². The van der Waals surface area contributed by atoms with Crippen molar-refractivity contribution >= 4 is 20.6 Å². The lowest BCUT2D eigenvalue weighted by molar-refractivity contribution is 0.594. The van der Waals surface area contributed by atoms with E-state index in [1.165, 1.54) is 18.4 Å². The predicted octanol–water partition coefficient (Wildman–Crippen LogP) is 1.15. The van der Waals surface area contributed by atoms with Crippen molar-refractivity contribution in [3.63, 3.8) is 0 Å². The van der Waals surface area contributed by atoms with E-state index in [0.29, 0.717) is 0 Å². The van der Waals surface area contributed by atoms with Crippen molar-refractivity contribution in [1.82, 2.24) is 0 Å². The summed E-state index contributed by atoms with van der Waals surface area (Å²) >= 11 is 0. The van der Waals surface area contributed by atoms with Crippen LogP contribution in [-0.2, 0) is 24.8 Å². The number of hydrogen-bond acceptors (Lipinski definition) is 4. The highest BCUT2D eigenvalue weighted by Crippen LogP contribution is 2.10. The summed E-state index contributed by atoms with van der Waals surface area (Å²) in [6.07, 6.45) is 1.21. The highest BCUT2D eigenvalue weighted by Gasteiger charge is 2.06. The van der Waals surface area contributed by atoms with Crippen LogP contribution in [-0.4, -0.2) is 14.7 Å². The van der Waals surface area contributed by atoms with Crippen molar-refractivity contribution in [3.8, 4) is 0 Å². The van der Waals surface area contributed by atoms with Gasteiger partial charge in [0, 0.05) is 0 Å². The molecule has 1 aromatic carbocycles. The molecule has 1 aromatic rings. The smallest absolute Gasteiger partial charge is 0.260 e. The van der Waals surface area contributed by atoms with E-state index >= 15 is 0 Å². The fourth-order valence-corrected chi connectivity index (χ4v) is 2.72. The first-order chi connectivity index (χ1) is 6.02. The zero-order valence-electron chi connectivity index (χ0n) is 6.88. The molecule has 0 N–H and O–H groups in total. The minimum Gasteiger partial charge on any atom is -0.444 e. The van der Waals surface area contributed by atoms with Crippen LogP contribution < -0.4 is 0 Å². The second-order valence-electron chi connectivity index (χ2n) is 2.29. The summed E-state index contributed by atoms with van der Waals surface area (Å²) in [4.78, 5) is 0.0604. The van der Waals surface area contributed by atoms with Crippen LogP contribution in [0.3, 0.4) is 0 Å². The summed E-state index contributed by atoms with van der Waals surface area (Å²) in [5.41, 5.74) is 0. The highest BCUT2D eigenvalue weighted by atomic mass is 32.3. The second kappa shape index (κ2) is 3.89. The third-order valence-electron chi connectivity index (χ3n) is 1.24. The Kier molecular flexibility index (Phi) is 3.05. The second-order valence-corrected chi connectivity index (χ2v) is 5.15. The summed E-state index contributed by atoms with van der Waals surface area (Å²) in [7, 11) is -5.43. The van der Waals surface area contributed by atoms with Gasteiger partial charge in [-0.1, -0.05) is 18.2 Å². The van der Waals surface area contributed by atoms with Gasteiger partial charge in [0.25, 0.3) is 10.0 Å². The number of hydrogen-bond donors (Lipinski definition) is 0. The first-order valence-corrected chi connectivity index (χ1v) is 6.34. The Balaban J connectivity index is 3.25. The topological polar surface area (TPSA) is 63.6 Å². The molecule has 0 aromatic heterocycles. The fraction of sp³-hybridized carbons (Fsp3) is 0.143. The van der Waals surface area contributed by atoms with E-state index in [4.69, 9.17) is 0 Å². The Morgan fingerprint density at radius 2 is 1.77 bits per heavy atom. The van der Waals surface area contributed by atoms with Crippen molar-refractivity contribution in [2.75, 3.05) is 6.26 Å². The van der Waals surface area contributed by atoms with Crippen molar-refractivity contribution in [3.05, 3.63) is 30.3 Å². The largest absolute Gasteiger partial charge is 0.444 e. The molecule has 0 fully saturated rings. The Bertz CT molecular complexity index is 458. The summed E-state index contributed by atoms with van der Waals surface area (Å²) < 4.78 is 36.3. The van der Waals surface area contributed by atoms with Crippen molar-refractivity contribution in [2.24, 2.45) is 3.77 Å². The average molecular weight is 218 g/mol. The summed E-state index contributed by atoms with van der Waals surface area (Å²) in [6, 6.07) is 7.68. The third kappa shape index (κ3) is 2.82. The molecular formula is C7H8NO3S2-. The average Bonchev–Trinajstić information content (AvgIpc) is 2.04. The number of rotatable bonds is 2. The van der Waals surface area contributed by atoms with E-state index in [-0.39, 0.29) is 4.90 Å². The van der Waals surface area contributed by atoms with E-state index in [1.54, 1.807) is 18.2 Å². The maximum absolute atomic E-state index is 11.3. The van der Waals surface area contributed by atoms with Gasteiger partial charge in [-0.25, -0.2) is 8.42 Å². The Hall–Kier alpha value is -0.880. The van der Waals surface area contributed by atoms with Crippen molar-refractivity contribution in [2.45, 2.75) is 4.90 Å². The third-order valence-corrected chi connectivity index (χ3v) is 3.74. The molecule has 0 aliphatic carbocycles. The minimum absolute atomic E-state index is 0.0604. The van der Waals surface area contributed by atoms with E-state index < -0.39 is 20.6 Å². The lowest BCUT2D eigenvalue weighted by Gasteiger charge is -2.00. The molecular weight excluding hydrogens is 210 g/mol. The standard InChI is InChI=1S/C7H8NO3S2/c1-12(9)8-13(10,11)7-5-3-2-4-6-7/h2-6H,1H3/q-1.